The number of rotatable bonds is 4. The Balaban J connectivity index is 2.32. The van der Waals surface area contributed by atoms with E-state index in [0.717, 1.165) is 11.1 Å². The molecule has 1 aromatic carbocycles. The fourth-order valence-electron chi connectivity index (χ4n) is 1.79. The van der Waals surface area contributed by atoms with Crippen LogP contribution in [0.25, 0.3) is 0 Å². The van der Waals surface area contributed by atoms with Crippen LogP contribution in [0.2, 0.25) is 0 Å². The summed E-state index contributed by atoms with van der Waals surface area (Å²) in [4.78, 5) is 6.27. The largest absolute Gasteiger partial charge is 0.384 e. The van der Waals surface area contributed by atoms with Crippen molar-refractivity contribution in [2.45, 2.75) is 18.4 Å². The smallest absolute Gasteiger partial charge is 0.278 e. The highest BCUT2D eigenvalue weighted by Crippen LogP contribution is 2.21. The standard InChI is InChI=1S/C14H15N3O3S/c1-2-12-8-11(4-3-7-18)5-6-13(12)17-21(19,20)14-9-15-10-16-14/h5-6,8-10,17-18H,2,7H2,1H3,(H,15,16). The molecule has 3 N–H and O–H groups in total. The van der Waals surface area contributed by atoms with Gasteiger partial charge in [0, 0.05) is 5.56 Å². The summed E-state index contributed by atoms with van der Waals surface area (Å²) in [5.41, 5.74) is 2.05. The van der Waals surface area contributed by atoms with Gasteiger partial charge < -0.3 is 10.1 Å². The number of hydrogen-bond donors (Lipinski definition) is 3. The first-order valence-corrected chi connectivity index (χ1v) is 7.79. The van der Waals surface area contributed by atoms with Crippen LogP contribution in [0.4, 0.5) is 5.69 Å². The van der Waals surface area contributed by atoms with Gasteiger partial charge in [0.1, 0.15) is 6.61 Å². The van der Waals surface area contributed by atoms with Crippen LogP contribution in [0.3, 0.4) is 0 Å². The zero-order chi connectivity index (χ0) is 15.3. The van der Waals surface area contributed by atoms with Gasteiger partial charge in [0.05, 0.1) is 18.2 Å². The number of aromatic nitrogens is 2. The molecule has 0 saturated heterocycles. The summed E-state index contributed by atoms with van der Waals surface area (Å²) < 4.78 is 26.8. The molecule has 0 fully saturated rings. The highest BCUT2D eigenvalue weighted by atomic mass is 32.2. The Bertz CT molecular complexity index is 772. The highest BCUT2D eigenvalue weighted by molar-refractivity contribution is 7.92. The number of H-pyrrole nitrogens is 1. The molecule has 0 aliphatic carbocycles. The summed E-state index contributed by atoms with van der Waals surface area (Å²) in [6, 6.07) is 5.16. The van der Waals surface area contributed by atoms with Crippen LogP contribution in [-0.2, 0) is 16.4 Å². The molecule has 0 bridgehead atoms. The summed E-state index contributed by atoms with van der Waals surface area (Å²) in [6.45, 7) is 1.71. The van der Waals surface area contributed by atoms with Crippen molar-refractivity contribution in [3.05, 3.63) is 41.9 Å². The summed E-state index contributed by atoms with van der Waals surface area (Å²) in [5, 5.41) is 8.70. The van der Waals surface area contributed by atoms with Crippen molar-refractivity contribution in [3.63, 3.8) is 0 Å². The molecule has 0 unspecified atom stereocenters. The van der Waals surface area contributed by atoms with Crippen LogP contribution in [0.15, 0.2) is 35.7 Å². The minimum atomic E-state index is -3.68. The quantitative estimate of drug-likeness (QED) is 0.738. The molecule has 0 aliphatic heterocycles. The predicted octanol–water partition coefficient (Wildman–Crippen LogP) is 1.12. The molecular weight excluding hydrogens is 290 g/mol. The Labute approximate surface area is 123 Å². The summed E-state index contributed by atoms with van der Waals surface area (Å²) in [5.74, 6) is 5.35. The molecule has 0 aliphatic rings. The third-order valence-electron chi connectivity index (χ3n) is 2.80. The van der Waals surface area contributed by atoms with Gasteiger partial charge in [0.2, 0.25) is 0 Å². The zero-order valence-corrected chi connectivity index (χ0v) is 12.2. The van der Waals surface area contributed by atoms with Crippen LogP contribution in [-0.4, -0.2) is 30.1 Å². The van der Waals surface area contributed by atoms with Crippen LogP contribution < -0.4 is 4.72 Å². The second-order valence-corrected chi connectivity index (χ2v) is 5.86. The normalized spacial score (nSPS) is 10.8. The Morgan fingerprint density at radius 2 is 2.24 bits per heavy atom. The van der Waals surface area contributed by atoms with E-state index in [0.29, 0.717) is 12.1 Å². The molecule has 0 spiro atoms. The first kappa shape index (κ1) is 15.1. The number of aliphatic hydroxyl groups excluding tert-OH is 1. The summed E-state index contributed by atoms with van der Waals surface area (Å²) >= 11 is 0. The Morgan fingerprint density at radius 3 is 2.86 bits per heavy atom. The van der Waals surface area contributed by atoms with E-state index in [9.17, 15) is 8.42 Å². The van der Waals surface area contributed by atoms with Crippen molar-refractivity contribution in [1.29, 1.82) is 0 Å². The first-order valence-electron chi connectivity index (χ1n) is 6.30. The summed E-state index contributed by atoms with van der Waals surface area (Å²) in [7, 11) is -3.68. The van der Waals surface area contributed by atoms with E-state index in [1.807, 2.05) is 6.92 Å². The maximum absolute atomic E-state index is 12.1. The van der Waals surface area contributed by atoms with E-state index < -0.39 is 10.0 Å². The van der Waals surface area contributed by atoms with Crippen molar-refractivity contribution >= 4 is 15.7 Å². The molecule has 2 aromatic rings. The maximum Gasteiger partial charge on any atom is 0.278 e. The second-order valence-electron chi connectivity index (χ2n) is 4.21. The van der Waals surface area contributed by atoms with Gasteiger partial charge in [-0.25, -0.2) is 4.98 Å². The number of nitrogens with one attached hydrogen (secondary N) is 2. The van der Waals surface area contributed by atoms with E-state index >= 15 is 0 Å². The van der Waals surface area contributed by atoms with Crippen molar-refractivity contribution in [3.8, 4) is 11.8 Å². The molecular formula is C14H15N3O3S. The first-order chi connectivity index (χ1) is 10.1. The van der Waals surface area contributed by atoms with Gasteiger partial charge in [0.15, 0.2) is 5.03 Å². The second kappa shape index (κ2) is 6.43. The lowest BCUT2D eigenvalue weighted by Crippen LogP contribution is -2.14. The average Bonchev–Trinajstić information content (AvgIpc) is 3.01. The molecule has 1 aromatic heterocycles. The molecule has 0 amide bonds. The van der Waals surface area contributed by atoms with Gasteiger partial charge in [-0.05, 0) is 30.2 Å². The third-order valence-corrected chi connectivity index (χ3v) is 4.10. The van der Waals surface area contributed by atoms with Crippen molar-refractivity contribution < 1.29 is 13.5 Å². The molecule has 21 heavy (non-hydrogen) atoms. The van der Waals surface area contributed by atoms with E-state index in [1.54, 1.807) is 18.2 Å². The number of aliphatic hydroxyl groups is 1. The lowest BCUT2D eigenvalue weighted by atomic mass is 10.1. The lowest BCUT2D eigenvalue weighted by molar-refractivity contribution is 0.350. The molecule has 2 rings (SSSR count). The van der Waals surface area contributed by atoms with Gasteiger partial charge in [-0.15, -0.1) is 0 Å². The third kappa shape index (κ3) is 3.62. The van der Waals surface area contributed by atoms with Crippen LogP contribution >= 0.6 is 0 Å². The topological polar surface area (TPSA) is 95.1 Å². The van der Waals surface area contributed by atoms with Gasteiger partial charge >= 0.3 is 0 Å². The Kier molecular flexibility index (Phi) is 4.62. The van der Waals surface area contributed by atoms with Crippen LogP contribution in [0.1, 0.15) is 18.1 Å². The predicted molar refractivity (Wildman–Crippen MR) is 79.2 cm³/mol. The zero-order valence-electron chi connectivity index (χ0n) is 11.4. The SMILES string of the molecule is CCc1cc(C#CCO)ccc1NS(=O)(=O)c1cnc[nH]1. The number of nitrogens with zero attached hydrogens (tertiary/aromatic N) is 1. The molecule has 1 heterocycles. The number of benzene rings is 1. The van der Waals surface area contributed by atoms with Gasteiger partial charge in [0.25, 0.3) is 10.0 Å². The lowest BCUT2D eigenvalue weighted by Gasteiger charge is -2.11. The summed E-state index contributed by atoms with van der Waals surface area (Å²) in [6.07, 6.45) is 3.20. The van der Waals surface area contributed by atoms with Gasteiger partial charge in [-0.2, -0.15) is 8.42 Å². The molecule has 0 radical (unpaired) electrons. The minimum Gasteiger partial charge on any atom is -0.384 e. The monoisotopic (exact) mass is 305 g/mol. The maximum atomic E-state index is 12.1. The minimum absolute atomic E-state index is 0.00806. The van der Waals surface area contributed by atoms with E-state index in [2.05, 4.69) is 26.5 Å². The number of aromatic amines is 1. The van der Waals surface area contributed by atoms with Gasteiger partial charge in [-0.1, -0.05) is 18.8 Å². The number of imidazole rings is 1. The fraction of sp³-hybridized carbons (Fsp3) is 0.214. The van der Waals surface area contributed by atoms with Gasteiger partial charge in [-0.3, -0.25) is 4.72 Å². The van der Waals surface area contributed by atoms with E-state index in [-0.39, 0.29) is 11.6 Å². The molecule has 0 saturated carbocycles. The number of sulfonamides is 1. The number of aryl methyl sites for hydroxylation is 1. The van der Waals surface area contributed by atoms with Crippen LogP contribution in [0.5, 0.6) is 0 Å². The van der Waals surface area contributed by atoms with E-state index in [4.69, 9.17) is 5.11 Å². The van der Waals surface area contributed by atoms with Crippen molar-refractivity contribution in [2.24, 2.45) is 0 Å². The molecule has 7 heteroatoms. The number of anilines is 1. The number of hydrogen-bond acceptors (Lipinski definition) is 4. The van der Waals surface area contributed by atoms with Crippen LogP contribution in [0, 0.1) is 11.8 Å². The molecule has 6 nitrogen and oxygen atoms in total. The highest BCUT2D eigenvalue weighted by Gasteiger charge is 2.17. The molecule has 110 valence electrons. The Morgan fingerprint density at radius 1 is 1.43 bits per heavy atom. The van der Waals surface area contributed by atoms with Crippen molar-refractivity contribution in [2.75, 3.05) is 11.3 Å². The fourth-order valence-corrected chi connectivity index (χ4v) is 2.80. The molecule has 0 atom stereocenters. The van der Waals surface area contributed by atoms with Crippen molar-refractivity contribution in [1.82, 2.24) is 9.97 Å². The average molecular weight is 305 g/mol. The van der Waals surface area contributed by atoms with E-state index in [1.165, 1.54) is 12.5 Å². The Hall–Kier alpha value is -2.30.